The highest BCUT2D eigenvalue weighted by atomic mass is 16.5. The van der Waals surface area contributed by atoms with E-state index in [4.69, 9.17) is 4.74 Å². The molecule has 6 heteroatoms. The van der Waals surface area contributed by atoms with Gasteiger partial charge in [0.1, 0.15) is 18.0 Å². The Morgan fingerprint density at radius 2 is 1.45 bits per heavy atom. The Kier molecular flexibility index (Phi) is 15.8. The number of carbonyl (C=O) groups excluding carboxylic acids is 2. The van der Waals surface area contributed by atoms with Crippen molar-refractivity contribution in [3.8, 4) is 0 Å². The zero-order valence-corrected chi connectivity index (χ0v) is 34.9. The summed E-state index contributed by atoms with van der Waals surface area (Å²) in [7, 11) is 0. The summed E-state index contributed by atoms with van der Waals surface area (Å²) < 4.78 is 5.94. The summed E-state index contributed by atoms with van der Waals surface area (Å²) in [5, 5.41) is 36.9. The molecule has 0 saturated heterocycles. The molecule has 5 fully saturated rings. The lowest BCUT2D eigenvalue weighted by Crippen LogP contribution is -2.63. The molecule has 0 aliphatic heterocycles. The van der Waals surface area contributed by atoms with E-state index in [0.717, 1.165) is 57.8 Å². The zero-order valence-electron chi connectivity index (χ0n) is 34.9. The van der Waals surface area contributed by atoms with E-state index in [0.29, 0.717) is 67.5 Å². The van der Waals surface area contributed by atoms with Gasteiger partial charge in [-0.3, -0.25) is 9.59 Å². The number of carbonyl (C=O) groups is 2. The molecular weight excluding hydrogens is 661 g/mol. The van der Waals surface area contributed by atoms with Crippen LogP contribution in [0.25, 0.3) is 0 Å². The Hall–Kier alpha value is -0.980. The maximum Gasteiger partial charge on any atom is 0.305 e. The van der Waals surface area contributed by atoms with Crippen LogP contribution in [0, 0.1) is 58.2 Å². The highest BCUT2D eigenvalue weighted by molar-refractivity contribution is 5.79. The molecule has 0 heterocycles. The second-order valence-electron chi connectivity index (χ2n) is 20.1. The van der Waals surface area contributed by atoms with E-state index < -0.39 is 23.2 Å². The van der Waals surface area contributed by atoms with Crippen LogP contribution >= 0.6 is 0 Å². The van der Waals surface area contributed by atoms with Crippen molar-refractivity contribution in [2.24, 2.45) is 58.2 Å². The highest BCUT2D eigenvalue weighted by Gasteiger charge is 2.67. The fourth-order valence-electron chi connectivity index (χ4n) is 13.0. The van der Waals surface area contributed by atoms with Crippen molar-refractivity contribution in [2.75, 3.05) is 6.61 Å². The summed E-state index contributed by atoms with van der Waals surface area (Å²) in [5.74, 6) is 2.73. The van der Waals surface area contributed by atoms with Crippen LogP contribution in [-0.2, 0) is 14.3 Å². The monoisotopic (exact) mass is 743 g/mol. The lowest BCUT2D eigenvalue weighted by molar-refractivity contribution is -0.221. The molecule has 0 amide bonds. The minimum absolute atomic E-state index is 0.0753. The third-order valence-corrected chi connectivity index (χ3v) is 16.7. The number of ether oxygens (including phenoxy) is 1. The molecule has 0 radical (unpaired) electrons. The van der Waals surface area contributed by atoms with E-state index in [9.17, 15) is 24.9 Å². The number of aliphatic hydroxyl groups excluding tert-OH is 2. The first-order valence-electron chi connectivity index (χ1n) is 23.1. The Bertz CT molecular complexity index is 1160. The molecule has 306 valence electrons. The minimum Gasteiger partial charge on any atom is -0.462 e. The third-order valence-electron chi connectivity index (χ3n) is 16.7. The summed E-state index contributed by atoms with van der Waals surface area (Å²) in [6.45, 7) is 11.1. The van der Waals surface area contributed by atoms with Crippen molar-refractivity contribution in [1.82, 2.24) is 0 Å². The van der Waals surface area contributed by atoms with Crippen molar-refractivity contribution < 1.29 is 29.6 Å². The highest BCUT2D eigenvalue weighted by Crippen LogP contribution is 2.68. The fraction of sp³-hybridized carbons (Fsp3) is 0.957. The molecule has 5 aliphatic rings. The number of Topliss-reactive ketones (excluding diaryl/α,β-unsaturated/α-hetero) is 1. The molecule has 0 aromatic rings. The first-order valence-corrected chi connectivity index (χ1v) is 23.1. The van der Waals surface area contributed by atoms with Crippen LogP contribution in [0.4, 0.5) is 0 Å². The van der Waals surface area contributed by atoms with Gasteiger partial charge in [-0.25, -0.2) is 0 Å². The lowest BCUT2D eigenvalue weighted by Gasteiger charge is -2.62. The molecule has 0 aromatic heterocycles. The molecule has 13 unspecified atom stereocenters. The number of ketones is 1. The predicted octanol–water partition coefficient (Wildman–Crippen LogP) is 10.8. The van der Waals surface area contributed by atoms with Crippen molar-refractivity contribution in [1.29, 1.82) is 0 Å². The zero-order chi connectivity index (χ0) is 38.2. The van der Waals surface area contributed by atoms with Crippen LogP contribution in [0.2, 0.25) is 0 Å². The normalized spacial score (nSPS) is 37.2. The van der Waals surface area contributed by atoms with E-state index in [-0.39, 0.29) is 35.7 Å². The van der Waals surface area contributed by atoms with Crippen molar-refractivity contribution in [3.05, 3.63) is 0 Å². The molecule has 13 atom stereocenters. The van der Waals surface area contributed by atoms with E-state index in [1.165, 1.54) is 77.0 Å². The van der Waals surface area contributed by atoms with Crippen molar-refractivity contribution in [2.45, 2.75) is 219 Å². The van der Waals surface area contributed by atoms with Crippen LogP contribution in [0.1, 0.15) is 202 Å². The average Bonchev–Trinajstić information content (AvgIpc) is 3.76. The van der Waals surface area contributed by atoms with Crippen LogP contribution in [0.3, 0.4) is 0 Å². The molecule has 5 rings (SSSR count). The Labute approximate surface area is 324 Å². The van der Waals surface area contributed by atoms with Gasteiger partial charge in [0.25, 0.3) is 0 Å². The second-order valence-corrected chi connectivity index (χ2v) is 20.1. The average molecular weight is 743 g/mol. The van der Waals surface area contributed by atoms with Gasteiger partial charge in [-0.2, -0.15) is 0 Å². The summed E-state index contributed by atoms with van der Waals surface area (Å²) in [6.07, 6.45) is 26.2. The van der Waals surface area contributed by atoms with Crippen LogP contribution in [-0.4, -0.2) is 51.5 Å². The number of esters is 1. The van der Waals surface area contributed by atoms with Crippen LogP contribution < -0.4 is 0 Å². The molecule has 53 heavy (non-hydrogen) atoms. The summed E-state index contributed by atoms with van der Waals surface area (Å²) in [5.41, 5.74) is -2.10. The molecule has 0 bridgehead atoms. The van der Waals surface area contributed by atoms with E-state index in [1.54, 1.807) is 0 Å². The van der Waals surface area contributed by atoms with Crippen molar-refractivity contribution in [3.63, 3.8) is 0 Å². The van der Waals surface area contributed by atoms with Gasteiger partial charge in [0.15, 0.2) is 0 Å². The first-order chi connectivity index (χ1) is 25.4. The molecule has 5 aliphatic carbocycles. The summed E-state index contributed by atoms with van der Waals surface area (Å²) >= 11 is 0. The smallest absolute Gasteiger partial charge is 0.305 e. The SMILES string of the molecule is CCCCCCCCCCCCCCCCCC(=O)OCC(O)(C(O)CC(C)C1CC1C)C1CCC2C3CCC4CC(=O)CCC4(C)C3CC(O)C21C. The largest absolute Gasteiger partial charge is 0.462 e. The van der Waals surface area contributed by atoms with Gasteiger partial charge in [-0.05, 0) is 105 Å². The van der Waals surface area contributed by atoms with Gasteiger partial charge < -0.3 is 20.1 Å². The molecule has 5 saturated carbocycles. The predicted molar refractivity (Wildman–Crippen MR) is 214 cm³/mol. The van der Waals surface area contributed by atoms with Gasteiger partial charge in [0.2, 0.25) is 0 Å². The quantitative estimate of drug-likeness (QED) is 0.0711. The van der Waals surface area contributed by atoms with Gasteiger partial charge in [0.05, 0.1) is 12.2 Å². The van der Waals surface area contributed by atoms with E-state index in [2.05, 4.69) is 34.6 Å². The molecular formula is C47H82O6. The van der Waals surface area contributed by atoms with Gasteiger partial charge in [-0.15, -0.1) is 0 Å². The van der Waals surface area contributed by atoms with Gasteiger partial charge in [0, 0.05) is 30.6 Å². The number of hydrogen-bond donors (Lipinski definition) is 3. The van der Waals surface area contributed by atoms with E-state index >= 15 is 0 Å². The van der Waals surface area contributed by atoms with Crippen LogP contribution in [0.15, 0.2) is 0 Å². The molecule has 0 aromatic carbocycles. The number of unbranched alkanes of at least 4 members (excludes halogenated alkanes) is 14. The maximum absolute atomic E-state index is 13.2. The summed E-state index contributed by atoms with van der Waals surface area (Å²) in [6, 6.07) is 0. The number of aliphatic hydroxyl groups is 3. The number of hydrogen-bond acceptors (Lipinski definition) is 6. The lowest BCUT2D eigenvalue weighted by atomic mass is 9.43. The third kappa shape index (κ3) is 10.1. The molecule has 3 N–H and O–H groups in total. The second kappa shape index (κ2) is 19.4. The Morgan fingerprint density at radius 3 is 2.04 bits per heavy atom. The standard InChI is InChI=1S/C47H82O6/c1-6-7-8-9-10-11-12-13-14-15-16-17-18-19-20-21-44(51)53-32-47(52,43(50)29-34(3)38-28-33(38)2)41-25-24-39-37-23-22-35-30-36(48)26-27-45(35,4)40(37)31-42(49)46(39,41)5/h33-35,37-43,49-50,52H,6-32H2,1-5H3. The maximum atomic E-state index is 13.2. The number of rotatable bonds is 23. The molecule has 0 spiro atoms. The van der Waals surface area contributed by atoms with Gasteiger partial charge in [-0.1, -0.05) is 125 Å². The molecule has 6 nitrogen and oxygen atoms in total. The topological polar surface area (TPSA) is 104 Å². The summed E-state index contributed by atoms with van der Waals surface area (Å²) in [4.78, 5) is 25.6. The Morgan fingerprint density at radius 1 is 0.868 bits per heavy atom. The fourth-order valence-corrected chi connectivity index (χ4v) is 13.0. The van der Waals surface area contributed by atoms with Gasteiger partial charge >= 0.3 is 5.97 Å². The Balaban J connectivity index is 1.12. The van der Waals surface area contributed by atoms with Crippen molar-refractivity contribution >= 4 is 11.8 Å². The minimum atomic E-state index is -1.60. The van der Waals surface area contributed by atoms with E-state index in [1.807, 2.05) is 0 Å². The van der Waals surface area contributed by atoms with Crippen LogP contribution in [0.5, 0.6) is 0 Å². The number of fused-ring (bicyclic) bond motifs is 5. The first kappa shape index (κ1) is 43.1.